The summed E-state index contributed by atoms with van der Waals surface area (Å²) in [6, 6.07) is 17.2. The molecule has 0 heterocycles. The van der Waals surface area contributed by atoms with Crippen LogP contribution in [0.15, 0.2) is 60.7 Å². The maximum absolute atomic E-state index is 12.4. The maximum atomic E-state index is 12.4. The summed E-state index contributed by atoms with van der Waals surface area (Å²) in [7, 11) is 0. The van der Waals surface area contributed by atoms with E-state index in [0.717, 1.165) is 0 Å². The van der Waals surface area contributed by atoms with Gasteiger partial charge in [-0.15, -0.1) is 0 Å². The molecule has 0 saturated heterocycles. The van der Waals surface area contributed by atoms with Crippen LogP contribution in [0.1, 0.15) is 40.5 Å². The molecule has 0 aromatic heterocycles. The summed E-state index contributed by atoms with van der Waals surface area (Å²) in [5.74, 6) is -1.08. The van der Waals surface area contributed by atoms with Gasteiger partial charge in [0.15, 0.2) is 6.10 Å². The molecular formula is C21H22O5. The Morgan fingerprint density at radius 2 is 1.35 bits per heavy atom. The van der Waals surface area contributed by atoms with E-state index in [1.54, 1.807) is 54.6 Å². The third-order valence-electron chi connectivity index (χ3n) is 4.74. The van der Waals surface area contributed by atoms with Crippen LogP contribution in [0.3, 0.4) is 0 Å². The van der Waals surface area contributed by atoms with Crippen LogP contribution in [-0.4, -0.2) is 35.4 Å². The smallest absolute Gasteiger partial charge is 0.338 e. The van der Waals surface area contributed by atoms with Gasteiger partial charge in [0.25, 0.3) is 0 Å². The molecular weight excluding hydrogens is 332 g/mol. The quantitative estimate of drug-likeness (QED) is 0.835. The Hall–Kier alpha value is -2.66. The van der Waals surface area contributed by atoms with E-state index in [1.165, 1.54) is 0 Å². The van der Waals surface area contributed by atoms with E-state index in [2.05, 4.69) is 0 Å². The Bertz CT molecular complexity index is 744. The monoisotopic (exact) mass is 354 g/mol. The minimum Gasteiger partial charge on any atom is -0.454 e. The third-order valence-corrected chi connectivity index (χ3v) is 4.74. The number of ether oxygens (including phenoxy) is 2. The number of carbonyl (C=O) groups is 2. The summed E-state index contributed by atoms with van der Waals surface area (Å²) in [5.41, 5.74) is 0.824. The molecule has 0 bridgehead atoms. The van der Waals surface area contributed by atoms with Crippen molar-refractivity contribution in [3.63, 3.8) is 0 Å². The van der Waals surface area contributed by atoms with Crippen LogP contribution in [0.4, 0.5) is 0 Å². The number of esters is 2. The lowest BCUT2D eigenvalue weighted by Gasteiger charge is -2.25. The highest BCUT2D eigenvalue weighted by Gasteiger charge is 2.47. The molecule has 2 aromatic rings. The Kier molecular flexibility index (Phi) is 5.68. The molecule has 136 valence electrons. The highest BCUT2D eigenvalue weighted by molar-refractivity contribution is 5.90. The fraction of sp³-hybridized carbons (Fsp3) is 0.333. The minimum absolute atomic E-state index is 0.0637. The maximum Gasteiger partial charge on any atom is 0.338 e. The second-order valence-corrected chi connectivity index (χ2v) is 6.44. The van der Waals surface area contributed by atoms with Crippen molar-refractivity contribution in [2.75, 3.05) is 0 Å². The fourth-order valence-electron chi connectivity index (χ4n) is 3.31. The third kappa shape index (κ3) is 3.94. The van der Waals surface area contributed by atoms with Crippen molar-refractivity contribution in [3.8, 4) is 0 Å². The molecule has 1 unspecified atom stereocenters. The zero-order chi connectivity index (χ0) is 18.5. The van der Waals surface area contributed by atoms with Gasteiger partial charge >= 0.3 is 11.9 Å². The van der Waals surface area contributed by atoms with Crippen molar-refractivity contribution in [1.82, 2.24) is 0 Å². The molecule has 0 aliphatic heterocycles. The number of aliphatic hydroxyl groups excluding tert-OH is 1. The molecule has 1 aliphatic rings. The van der Waals surface area contributed by atoms with Crippen LogP contribution in [0.5, 0.6) is 0 Å². The first-order chi connectivity index (χ1) is 12.6. The van der Waals surface area contributed by atoms with Crippen molar-refractivity contribution >= 4 is 11.9 Å². The van der Waals surface area contributed by atoms with Crippen LogP contribution in [0.2, 0.25) is 0 Å². The summed E-state index contributed by atoms with van der Waals surface area (Å²) >= 11 is 0. The molecule has 26 heavy (non-hydrogen) atoms. The molecule has 0 spiro atoms. The second-order valence-electron chi connectivity index (χ2n) is 6.44. The van der Waals surface area contributed by atoms with E-state index in [4.69, 9.17) is 9.47 Å². The normalized spacial score (nSPS) is 24.8. The first-order valence-electron chi connectivity index (χ1n) is 8.80. The Morgan fingerprint density at radius 3 is 1.81 bits per heavy atom. The number of rotatable bonds is 5. The van der Waals surface area contributed by atoms with Gasteiger partial charge in [-0.2, -0.15) is 0 Å². The van der Waals surface area contributed by atoms with Crippen molar-refractivity contribution in [1.29, 1.82) is 0 Å². The highest BCUT2D eigenvalue weighted by Crippen LogP contribution is 2.34. The predicted molar refractivity (Wildman–Crippen MR) is 95.7 cm³/mol. The van der Waals surface area contributed by atoms with Crippen LogP contribution in [0, 0.1) is 5.92 Å². The lowest BCUT2D eigenvalue weighted by molar-refractivity contribution is -0.0600. The molecule has 5 heteroatoms. The standard InChI is InChI=1S/C21H22O5/c1-2-14-13-17(22)19(26-21(24)16-11-7-4-8-12-16)18(14)25-20(23)15-9-5-3-6-10-15/h3-12,14,17-19,22H,2,13H2,1H3/t14-,17-,18?,19-/m0/s1. The van der Waals surface area contributed by atoms with Crippen molar-refractivity contribution in [3.05, 3.63) is 71.8 Å². The van der Waals surface area contributed by atoms with E-state index in [0.29, 0.717) is 24.0 Å². The largest absolute Gasteiger partial charge is 0.454 e. The highest BCUT2D eigenvalue weighted by atomic mass is 16.6. The minimum atomic E-state index is -0.875. The van der Waals surface area contributed by atoms with Gasteiger partial charge in [0.1, 0.15) is 6.10 Å². The zero-order valence-corrected chi connectivity index (χ0v) is 14.6. The van der Waals surface area contributed by atoms with E-state index in [1.807, 2.05) is 13.0 Å². The first-order valence-corrected chi connectivity index (χ1v) is 8.80. The average molecular weight is 354 g/mol. The number of aliphatic hydroxyl groups is 1. The van der Waals surface area contributed by atoms with E-state index < -0.39 is 30.3 Å². The Labute approximate surface area is 152 Å². The predicted octanol–water partition coefficient (Wildman–Crippen LogP) is 3.23. The van der Waals surface area contributed by atoms with Gasteiger partial charge in [-0.3, -0.25) is 0 Å². The van der Waals surface area contributed by atoms with Crippen molar-refractivity contribution in [2.24, 2.45) is 5.92 Å². The Morgan fingerprint density at radius 1 is 0.885 bits per heavy atom. The summed E-state index contributed by atoms with van der Waals surface area (Å²) in [4.78, 5) is 24.8. The summed E-state index contributed by atoms with van der Waals surface area (Å²) in [5, 5.41) is 10.4. The number of carbonyl (C=O) groups excluding carboxylic acids is 2. The molecule has 1 N–H and O–H groups in total. The van der Waals surface area contributed by atoms with E-state index in [9.17, 15) is 14.7 Å². The lowest BCUT2D eigenvalue weighted by atomic mass is 10.0. The van der Waals surface area contributed by atoms with Gasteiger partial charge in [0.05, 0.1) is 17.2 Å². The number of hydrogen-bond donors (Lipinski definition) is 1. The van der Waals surface area contributed by atoms with Crippen LogP contribution >= 0.6 is 0 Å². The molecule has 0 amide bonds. The summed E-state index contributed by atoms with van der Waals surface area (Å²) in [6.45, 7) is 1.96. The Balaban J connectivity index is 1.76. The number of benzene rings is 2. The van der Waals surface area contributed by atoms with Crippen LogP contribution in [-0.2, 0) is 9.47 Å². The topological polar surface area (TPSA) is 72.8 Å². The van der Waals surface area contributed by atoms with Gasteiger partial charge in [0.2, 0.25) is 0 Å². The SMILES string of the molecule is CC[C@H]1C[C@H](O)[C@H](OC(=O)c2ccccc2)C1OC(=O)c1ccccc1. The van der Waals surface area contributed by atoms with Crippen molar-refractivity contribution < 1.29 is 24.2 Å². The van der Waals surface area contributed by atoms with Crippen molar-refractivity contribution in [2.45, 2.75) is 38.1 Å². The molecule has 0 radical (unpaired) electrons. The van der Waals surface area contributed by atoms with Gasteiger partial charge < -0.3 is 14.6 Å². The lowest BCUT2D eigenvalue weighted by Crippen LogP contribution is -2.39. The van der Waals surface area contributed by atoms with Crippen LogP contribution < -0.4 is 0 Å². The van der Waals surface area contributed by atoms with Gasteiger partial charge in [-0.1, -0.05) is 43.3 Å². The molecule has 5 nitrogen and oxygen atoms in total. The summed E-state index contributed by atoms with van der Waals surface area (Å²) in [6.07, 6.45) is -1.27. The number of hydrogen-bond acceptors (Lipinski definition) is 5. The van der Waals surface area contributed by atoms with Gasteiger partial charge in [0, 0.05) is 5.92 Å². The molecule has 3 rings (SSSR count). The van der Waals surface area contributed by atoms with Gasteiger partial charge in [-0.25, -0.2) is 9.59 Å². The first kappa shape index (κ1) is 18.1. The second kappa shape index (κ2) is 8.15. The fourth-order valence-corrected chi connectivity index (χ4v) is 3.31. The summed E-state index contributed by atoms with van der Waals surface area (Å²) < 4.78 is 11.2. The molecule has 1 saturated carbocycles. The zero-order valence-electron chi connectivity index (χ0n) is 14.6. The molecule has 2 aromatic carbocycles. The molecule has 1 aliphatic carbocycles. The van der Waals surface area contributed by atoms with E-state index >= 15 is 0 Å². The van der Waals surface area contributed by atoms with E-state index in [-0.39, 0.29) is 5.92 Å². The van der Waals surface area contributed by atoms with Crippen LogP contribution in [0.25, 0.3) is 0 Å². The molecule has 1 fully saturated rings. The molecule has 4 atom stereocenters. The van der Waals surface area contributed by atoms with Gasteiger partial charge in [-0.05, 0) is 37.1 Å². The average Bonchev–Trinajstić information content (AvgIpc) is 2.98.